The van der Waals surface area contributed by atoms with Crippen molar-refractivity contribution in [3.8, 4) is 17.2 Å². The number of ether oxygens (including phenoxy) is 2. The van der Waals surface area contributed by atoms with Crippen molar-refractivity contribution in [1.82, 2.24) is 5.32 Å². The number of nitrogens with one attached hydrogen (secondary N) is 2. The van der Waals surface area contributed by atoms with Crippen LogP contribution in [0.3, 0.4) is 0 Å². The lowest BCUT2D eigenvalue weighted by Gasteiger charge is -2.19. The molecule has 3 aromatic carbocycles. The number of hydrogen-bond acceptors (Lipinski definition) is 3. The second-order valence-electron chi connectivity index (χ2n) is 6.83. The predicted molar refractivity (Wildman–Crippen MR) is 109 cm³/mol. The highest BCUT2D eigenvalue weighted by Crippen LogP contribution is 2.45. The summed E-state index contributed by atoms with van der Waals surface area (Å²) in [5, 5.41) is 5.99. The summed E-state index contributed by atoms with van der Waals surface area (Å²) in [6, 6.07) is 24.5. The Morgan fingerprint density at radius 1 is 0.821 bits per heavy atom. The molecule has 5 heteroatoms. The van der Waals surface area contributed by atoms with E-state index in [1.807, 2.05) is 78.9 Å². The quantitative estimate of drug-likeness (QED) is 0.616. The van der Waals surface area contributed by atoms with E-state index in [9.17, 15) is 4.79 Å². The topological polar surface area (TPSA) is 59.6 Å². The Morgan fingerprint density at radius 2 is 1.43 bits per heavy atom. The molecule has 4 rings (SSSR count). The number of urea groups is 1. The van der Waals surface area contributed by atoms with Gasteiger partial charge >= 0.3 is 6.03 Å². The summed E-state index contributed by atoms with van der Waals surface area (Å²) in [6.45, 7) is 0. The van der Waals surface area contributed by atoms with Gasteiger partial charge in [-0.05, 0) is 66.9 Å². The first-order chi connectivity index (χ1) is 13.7. The summed E-state index contributed by atoms with van der Waals surface area (Å²) >= 11 is 0. The van der Waals surface area contributed by atoms with Crippen LogP contribution in [-0.2, 0) is 5.54 Å². The Bertz CT molecular complexity index is 934. The average Bonchev–Trinajstić information content (AvgIpc) is 3.51. The van der Waals surface area contributed by atoms with Crippen LogP contribution < -0.4 is 20.1 Å². The molecule has 0 unspecified atom stereocenters. The maximum absolute atomic E-state index is 12.5. The van der Waals surface area contributed by atoms with Crippen LogP contribution in [0.1, 0.15) is 18.4 Å². The minimum absolute atomic E-state index is 0.218. The summed E-state index contributed by atoms with van der Waals surface area (Å²) in [6.07, 6.45) is 1.85. The first-order valence-electron chi connectivity index (χ1n) is 9.24. The molecular weight excluding hydrogens is 352 g/mol. The normalized spacial score (nSPS) is 14.0. The van der Waals surface area contributed by atoms with E-state index < -0.39 is 0 Å². The Kier molecular flexibility index (Phi) is 4.89. The van der Waals surface area contributed by atoms with E-state index in [-0.39, 0.29) is 11.6 Å². The molecule has 2 amide bonds. The Labute approximate surface area is 164 Å². The molecule has 142 valence electrons. The first kappa shape index (κ1) is 17.9. The summed E-state index contributed by atoms with van der Waals surface area (Å²) in [5.41, 5.74) is 1.52. The fourth-order valence-corrected chi connectivity index (χ4v) is 3.13. The smallest absolute Gasteiger partial charge is 0.319 e. The van der Waals surface area contributed by atoms with Gasteiger partial charge in [-0.2, -0.15) is 0 Å². The molecular formula is C23H22N2O3. The van der Waals surface area contributed by atoms with Crippen molar-refractivity contribution in [3.05, 3.63) is 84.4 Å². The van der Waals surface area contributed by atoms with E-state index in [1.54, 1.807) is 7.11 Å². The highest BCUT2D eigenvalue weighted by atomic mass is 16.5. The molecule has 1 saturated carbocycles. The molecule has 0 heterocycles. The van der Waals surface area contributed by atoms with Gasteiger partial charge < -0.3 is 20.1 Å². The molecule has 3 aromatic rings. The minimum Gasteiger partial charge on any atom is -0.497 e. The van der Waals surface area contributed by atoms with Crippen LogP contribution in [-0.4, -0.2) is 13.1 Å². The molecule has 0 aromatic heterocycles. The zero-order valence-electron chi connectivity index (χ0n) is 15.6. The second-order valence-corrected chi connectivity index (χ2v) is 6.83. The number of anilines is 1. The van der Waals surface area contributed by atoms with Gasteiger partial charge in [0.1, 0.15) is 17.2 Å². The van der Waals surface area contributed by atoms with Crippen molar-refractivity contribution in [2.24, 2.45) is 0 Å². The van der Waals surface area contributed by atoms with Crippen LogP contribution in [0.25, 0.3) is 0 Å². The Hall–Kier alpha value is -3.47. The van der Waals surface area contributed by atoms with E-state index in [0.717, 1.165) is 29.9 Å². The standard InChI is InChI=1S/C23H22N2O3/c1-27-19-11-7-17(8-12-19)23(15-16-23)25-22(26)24-18-9-13-21(14-10-18)28-20-5-3-2-4-6-20/h2-14H,15-16H2,1H3,(H2,24,25,26). The zero-order valence-corrected chi connectivity index (χ0v) is 15.6. The number of carbonyl (C=O) groups is 1. The summed E-state index contributed by atoms with van der Waals surface area (Å²) in [5.74, 6) is 2.30. The van der Waals surface area contributed by atoms with E-state index in [0.29, 0.717) is 11.4 Å². The molecule has 1 aliphatic carbocycles. The summed E-state index contributed by atoms with van der Waals surface area (Å²) in [4.78, 5) is 12.5. The molecule has 1 fully saturated rings. The van der Waals surface area contributed by atoms with Gasteiger partial charge in [0.15, 0.2) is 0 Å². The number of benzene rings is 3. The number of rotatable bonds is 6. The minimum atomic E-state index is -0.285. The molecule has 1 aliphatic rings. The van der Waals surface area contributed by atoms with E-state index in [1.165, 1.54) is 0 Å². The van der Waals surface area contributed by atoms with Crippen LogP contribution in [0.4, 0.5) is 10.5 Å². The second kappa shape index (κ2) is 7.64. The lowest BCUT2D eigenvalue weighted by Crippen LogP contribution is -2.38. The third-order valence-electron chi connectivity index (χ3n) is 4.84. The number of carbonyl (C=O) groups excluding carboxylic acids is 1. The van der Waals surface area contributed by atoms with Crippen molar-refractivity contribution in [2.75, 3.05) is 12.4 Å². The van der Waals surface area contributed by atoms with Crippen molar-refractivity contribution in [2.45, 2.75) is 18.4 Å². The van der Waals surface area contributed by atoms with Crippen molar-refractivity contribution >= 4 is 11.7 Å². The number of hydrogen-bond donors (Lipinski definition) is 2. The number of amides is 2. The summed E-state index contributed by atoms with van der Waals surface area (Å²) in [7, 11) is 1.64. The maximum Gasteiger partial charge on any atom is 0.319 e. The van der Waals surface area contributed by atoms with Gasteiger partial charge in [-0.3, -0.25) is 0 Å². The van der Waals surface area contributed by atoms with Gasteiger partial charge in [0.25, 0.3) is 0 Å². The molecule has 0 radical (unpaired) electrons. The SMILES string of the molecule is COc1ccc(C2(NC(=O)Nc3ccc(Oc4ccccc4)cc3)CC2)cc1. The van der Waals surface area contributed by atoms with Crippen LogP contribution in [0.2, 0.25) is 0 Å². The molecule has 2 N–H and O–H groups in total. The molecule has 5 nitrogen and oxygen atoms in total. The molecule has 0 bridgehead atoms. The van der Waals surface area contributed by atoms with Crippen LogP contribution in [0.15, 0.2) is 78.9 Å². The van der Waals surface area contributed by atoms with Gasteiger partial charge in [0, 0.05) is 5.69 Å². The van der Waals surface area contributed by atoms with Gasteiger partial charge in [-0.1, -0.05) is 30.3 Å². The van der Waals surface area contributed by atoms with Crippen LogP contribution >= 0.6 is 0 Å². The van der Waals surface area contributed by atoms with E-state index in [4.69, 9.17) is 9.47 Å². The Morgan fingerprint density at radius 3 is 2.04 bits per heavy atom. The molecule has 0 saturated heterocycles. The maximum atomic E-state index is 12.5. The third kappa shape index (κ3) is 4.09. The highest BCUT2D eigenvalue weighted by Gasteiger charge is 2.45. The number of para-hydroxylation sites is 1. The van der Waals surface area contributed by atoms with Crippen LogP contribution in [0, 0.1) is 0 Å². The number of methoxy groups -OCH3 is 1. The van der Waals surface area contributed by atoms with Gasteiger partial charge in [-0.25, -0.2) is 4.79 Å². The van der Waals surface area contributed by atoms with Crippen molar-refractivity contribution in [3.63, 3.8) is 0 Å². The van der Waals surface area contributed by atoms with Crippen molar-refractivity contribution < 1.29 is 14.3 Å². The monoisotopic (exact) mass is 374 g/mol. The highest BCUT2D eigenvalue weighted by molar-refractivity contribution is 5.90. The van der Waals surface area contributed by atoms with Crippen molar-refractivity contribution in [1.29, 1.82) is 0 Å². The van der Waals surface area contributed by atoms with E-state index >= 15 is 0 Å². The van der Waals surface area contributed by atoms with Gasteiger partial charge in [0.05, 0.1) is 12.6 Å². The van der Waals surface area contributed by atoms with Crippen LogP contribution in [0.5, 0.6) is 17.2 Å². The third-order valence-corrected chi connectivity index (χ3v) is 4.84. The lowest BCUT2D eigenvalue weighted by molar-refractivity contribution is 0.247. The van der Waals surface area contributed by atoms with E-state index in [2.05, 4.69) is 10.6 Å². The first-order valence-corrected chi connectivity index (χ1v) is 9.24. The fourth-order valence-electron chi connectivity index (χ4n) is 3.13. The molecule has 28 heavy (non-hydrogen) atoms. The summed E-state index contributed by atoms with van der Waals surface area (Å²) < 4.78 is 11.0. The molecule has 0 atom stereocenters. The van der Waals surface area contributed by atoms with Gasteiger partial charge in [0.2, 0.25) is 0 Å². The predicted octanol–water partition coefficient (Wildman–Crippen LogP) is 5.30. The fraction of sp³-hybridized carbons (Fsp3) is 0.174. The molecule has 0 aliphatic heterocycles. The zero-order chi connectivity index (χ0) is 19.4. The average molecular weight is 374 g/mol. The molecule has 0 spiro atoms. The lowest BCUT2D eigenvalue weighted by atomic mass is 10.1. The Balaban J connectivity index is 1.35. The van der Waals surface area contributed by atoms with Gasteiger partial charge in [-0.15, -0.1) is 0 Å². The largest absolute Gasteiger partial charge is 0.497 e.